The Balaban J connectivity index is 0.000000490. The van der Waals surface area contributed by atoms with Crippen LogP contribution in [0, 0.1) is 13.1 Å². The summed E-state index contributed by atoms with van der Waals surface area (Å²) in [7, 11) is 0. The Morgan fingerprint density at radius 3 is 2.50 bits per heavy atom. The van der Waals surface area contributed by atoms with Crippen LogP contribution in [0.1, 0.15) is 5.56 Å². The molecule has 0 spiro atoms. The first kappa shape index (κ1) is 8.82. The third-order valence-corrected chi connectivity index (χ3v) is 0.688. The van der Waals surface area contributed by atoms with E-state index in [1.54, 1.807) is 6.92 Å². The Bertz CT molecular complexity index is 202. The second-order valence-corrected chi connectivity index (χ2v) is 1.24. The summed E-state index contributed by atoms with van der Waals surface area (Å²) in [4.78, 5) is 10.2. The van der Waals surface area contributed by atoms with Crippen LogP contribution in [-0.2, 0) is 0 Å². The monoisotopic (exact) mass is 183 g/mol. The van der Waals surface area contributed by atoms with E-state index in [-0.39, 0.29) is 63.8 Å². The summed E-state index contributed by atoms with van der Waals surface area (Å²) in [6, 6.07) is 0. The molecule has 0 amide bonds. The zero-order chi connectivity index (χ0) is 5.28. The zero-order valence-electron chi connectivity index (χ0n) is 4.82. The third-order valence-electron chi connectivity index (χ3n) is 0.688. The number of aromatic amines is 1. The van der Waals surface area contributed by atoms with Crippen LogP contribution in [0.4, 0.5) is 0 Å². The number of hydrogen-bond donors (Lipinski definition) is 1. The second-order valence-electron chi connectivity index (χ2n) is 1.24. The Hall–Kier alpha value is 0.815. The van der Waals surface area contributed by atoms with Crippen LogP contribution in [-0.4, -0.2) is 5.16 Å². The molecule has 0 fully saturated rings. The molecule has 3 nitrogen and oxygen atoms in total. The van der Waals surface area contributed by atoms with E-state index in [1.165, 1.54) is 0 Å². The van der Waals surface area contributed by atoms with Crippen molar-refractivity contribution in [1.82, 2.24) is 5.16 Å². The molecule has 1 rings (SSSR count). The van der Waals surface area contributed by atoms with Crippen molar-refractivity contribution in [2.45, 2.75) is 6.92 Å². The van der Waals surface area contributed by atoms with E-state index in [1.807, 2.05) is 0 Å². The second kappa shape index (κ2) is 3.77. The van der Waals surface area contributed by atoms with Crippen molar-refractivity contribution >= 4 is 0 Å². The Morgan fingerprint density at radius 2 is 2.38 bits per heavy atom. The topological polar surface area (TPSA) is 46.0 Å². The van der Waals surface area contributed by atoms with Crippen molar-refractivity contribution in [2.75, 3.05) is 0 Å². The van der Waals surface area contributed by atoms with Gasteiger partial charge in [-0.2, -0.15) is 0 Å². The predicted molar refractivity (Wildman–Crippen MR) is 22.9 cm³/mol. The standard InChI is InChI=1S/C4H4NO2.Rb/c1-3-2-5-7-4(3)6;/h5H,1H3;/q-1;+1. The first-order valence-corrected chi connectivity index (χ1v) is 1.86. The summed E-state index contributed by atoms with van der Waals surface area (Å²) >= 11 is 0. The van der Waals surface area contributed by atoms with Gasteiger partial charge in [-0.1, -0.05) is 6.92 Å². The van der Waals surface area contributed by atoms with E-state index in [0.717, 1.165) is 0 Å². The maximum Gasteiger partial charge on any atom is 1.00 e. The molecular formula is C4H4NO2Rb. The number of aromatic nitrogens is 1. The molecule has 0 aliphatic carbocycles. The summed E-state index contributed by atoms with van der Waals surface area (Å²) < 4.78 is 4.23. The van der Waals surface area contributed by atoms with Gasteiger partial charge in [-0.3, -0.25) is 0 Å². The van der Waals surface area contributed by atoms with Gasteiger partial charge in [-0.05, 0) is 0 Å². The van der Waals surface area contributed by atoms with Gasteiger partial charge >= 0.3 is 58.2 Å². The average molecular weight is 184 g/mol. The molecule has 0 saturated heterocycles. The van der Waals surface area contributed by atoms with Gasteiger partial charge in [-0.25, -0.2) is 0 Å². The molecule has 0 atom stereocenters. The van der Waals surface area contributed by atoms with Gasteiger partial charge in [0.25, 0.3) is 0 Å². The minimum absolute atomic E-state index is 0. The molecule has 0 radical (unpaired) electrons. The molecule has 0 aromatic carbocycles. The molecule has 1 aromatic heterocycles. The van der Waals surface area contributed by atoms with E-state index in [9.17, 15) is 4.79 Å². The van der Waals surface area contributed by atoms with Gasteiger partial charge in [0, 0.05) is 0 Å². The molecule has 0 aliphatic rings. The van der Waals surface area contributed by atoms with Crippen LogP contribution in [0.5, 0.6) is 0 Å². The molecule has 38 valence electrons. The SMILES string of the molecule is Cc1[c-][nH]oc1=O.[Rb+]. The molecular weight excluding hydrogens is 180 g/mol. The fraction of sp³-hybridized carbons (Fsp3) is 0.250. The smallest absolute Gasteiger partial charge is 0.449 e. The van der Waals surface area contributed by atoms with Crippen LogP contribution in [0.15, 0.2) is 9.32 Å². The zero-order valence-corrected chi connectivity index (χ0v) is 9.73. The summed E-state index contributed by atoms with van der Waals surface area (Å²) in [5.74, 6) is 0. The molecule has 1 N–H and O–H groups in total. The molecule has 1 heterocycles. The van der Waals surface area contributed by atoms with Crippen molar-refractivity contribution in [3.63, 3.8) is 0 Å². The van der Waals surface area contributed by atoms with Gasteiger partial charge < -0.3 is 14.5 Å². The van der Waals surface area contributed by atoms with Crippen molar-refractivity contribution < 1.29 is 62.7 Å². The summed E-state index contributed by atoms with van der Waals surface area (Å²) in [5.41, 5.74) is 0.139. The number of nitrogens with one attached hydrogen (secondary N) is 1. The van der Waals surface area contributed by atoms with Gasteiger partial charge in [0.2, 0.25) is 0 Å². The molecule has 0 saturated carbocycles. The Labute approximate surface area is 95.2 Å². The number of H-pyrrole nitrogens is 1. The average Bonchev–Trinajstić information content (AvgIpc) is 1.91. The third kappa shape index (κ3) is 1.97. The largest absolute Gasteiger partial charge is 1.00 e. The van der Waals surface area contributed by atoms with Crippen LogP contribution in [0.3, 0.4) is 0 Å². The molecule has 0 unspecified atom stereocenters. The first-order valence-electron chi connectivity index (χ1n) is 1.86. The van der Waals surface area contributed by atoms with Gasteiger partial charge in [0.15, 0.2) is 5.63 Å². The Kier molecular flexibility index (Phi) is 4.15. The summed E-state index contributed by atoms with van der Waals surface area (Å²) in [6.45, 7) is 1.63. The number of rotatable bonds is 0. The molecule has 4 heteroatoms. The van der Waals surface area contributed by atoms with E-state index in [2.05, 4.69) is 15.9 Å². The number of aryl methyl sites for hydroxylation is 1. The van der Waals surface area contributed by atoms with E-state index in [0.29, 0.717) is 5.56 Å². The maximum absolute atomic E-state index is 10.2. The van der Waals surface area contributed by atoms with Gasteiger partial charge in [0.05, 0.1) is 0 Å². The van der Waals surface area contributed by atoms with E-state index < -0.39 is 0 Å². The Morgan fingerprint density at radius 1 is 1.75 bits per heavy atom. The van der Waals surface area contributed by atoms with Crippen LogP contribution < -0.4 is 63.8 Å². The van der Waals surface area contributed by atoms with Crippen LogP contribution in [0.2, 0.25) is 0 Å². The number of hydrogen-bond acceptors (Lipinski definition) is 2. The molecule has 1 aromatic rings. The van der Waals surface area contributed by atoms with Gasteiger partial charge in [-0.15, -0.1) is 11.8 Å². The van der Waals surface area contributed by atoms with Crippen molar-refractivity contribution in [1.29, 1.82) is 0 Å². The van der Waals surface area contributed by atoms with Crippen molar-refractivity contribution in [2.24, 2.45) is 0 Å². The van der Waals surface area contributed by atoms with Crippen LogP contribution >= 0.6 is 0 Å². The van der Waals surface area contributed by atoms with Crippen molar-refractivity contribution in [3.05, 3.63) is 22.2 Å². The summed E-state index contributed by atoms with van der Waals surface area (Å²) in [5, 5.41) is 2.19. The van der Waals surface area contributed by atoms with E-state index in [4.69, 9.17) is 0 Å². The fourth-order valence-electron chi connectivity index (χ4n) is 0.276. The normalized spacial score (nSPS) is 8.12. The van der Waals surface area contributed by atoms with Crippen molar-refractivity contribution in [3.8, 4) is 0 Å². The minimum atomic E-state index is -0.347. The first-order chi connectivity index (χ1) is 3.30. The minimum Gasteiger partial charge on any atom is -0.449 e. The quantitative estimate of drug-likeness (QED) is 0.438. The summed E-state index contributed by atoms with van der Waals surface area (Å²) in [6.07, 6.45) is 2.46. The molecule has 0 bridgehead atoms. The van der Waals surface area contributed by atoms with Gasteiger partial charge in [0.1, 0.15) is 0 Å². The fourth-order valence-corrected chi connectivity index (χ4v) is 0.276. The maximum atomic E-state index is 10.2. The van der Waals surface area contributed by atoms with E-state index >= 15 is 0 Å². The molecule has 0 aliphatic heterocycles. The van der Waals surface area contributed by atoms with Crippen LogP contribution in [0.25, 0.3) is 0 Å². The predicted octanol–water partition coefficient (Wildman–Crippen LogP) is -2.92. The molecule has 8 heavy (non-hydrogen) atoms.